The number of rotatable bonds is 8. The van der Waals surface area contributed by atoms with Gasteiger partial charge in [0.15, 0.2) is 11.0 Å². The molecule has 170 valence electrons. The Hall–Kier alpha value is -2.90. The van der Waals surface area contributed by atoms with E-state index in [2.05, 4.69) is 25.3 Å². The molecule has 0 spiro atoms. The Kier molecular flexibility index (Phi) is 8.33. The molecule has 1 aromatic heterocycles. The van der Waals surface area contributed by atoms with Gasteiger partial charge in [0.2, 0.25) is 0 Å². The van der Waals surface area contributed by atoms with Crippen LogP contribution in [0.4, 0.5) is 0 Å². The average molecular weight is 480 g/mol. The summed E-state index contributed by atoms with van der Waals surface area (Å²) in [6.07, 6.45) is 11.1. The first-order chi connectivity index (χ1) is 16.2. The monoisotopic (exact) mass is 479 g/mol. The summed E-state index contributed by atoms with van der Waals surface area (Å²) in [7, 11) is 0. The van der Waals surface area contributed by atoms with Crippen LogP contribution in [0.25, 0.3) is 17.5 Å². The molecule has 2 aromatic carbocycles. The first-order valence-electron chi connectivity index (χ1n) is 11.1. The number of hydrazone groups is 1. The molecule has 1 fully saturated rings. The minimum atomic E-state index is -0.185. The van der Waals surface area contributed by atoms with Crippen LogP contribution in [-0.2, 0) is 4.79 Å². The topological polar surface area (TPSA) is 72.2 Å². The first kappa shape index (κ1) is 23.3. The van der Waals surface area contributed by atoms with Crippen LogP contribution < -0.4 is 5.43 Å². The summed E-state index contributed by atoms with van der Waals surface area (Å²) in [5, 5.41) is 14.3. The van der Waals surface area contributed by atoms with Crippen molar-refractivity contribution in [3.8, 4) is 11.4 Å². The van der Waals surface area contributed by atoms with E-state index in [0.29, 0.717) is 11.1 Å². The normalized spacial score (nSPS) is 14.8. The van der Waals surface area contributed by atoms with E-state index in [-0.39, 0.29) is 11.7 Å². The molecule has 1 aliphatic rings. The van der Waals surface area contributed by atoms with Crippen molar-refractivity contribution < 1.29 is 4.79 Å². The van der Waals surface area contributed by atoms with Gasteiger partial charge in [0, 0.05) is 22.8 Å². The number of hydrogen-bond donors (Lipinski definition) is 1. The predicted octanol–water partition coefficient (Wildman–Crippen LogP) is 6.01. The number of nitrogens with one attached hydrogen (secondary N) is 1. The van der Waals surface area contributed by atoms with Gasteiger partial charge >= 0.3 is 0 Å². The number of thioether (sulfide) groups is 1. The Bertz CT molecular complexity index is 1110. The maximum absolute atomic E-state index is 12.3. The lowest BCUT2D eigenvalue weighted by Gasteiger charge is -2.25. The fourth-order valence-corrected chi connectivity index (χ4v) is 4.80. The van der Waals surface area contributed by atoms with Gasteiger partial charge in [-0.3, -0.25) is 9.36 Å². The van der Waals surface area contributed by atoms with E-state index >= 15 is 0 Å². The number of halogens is 1. The van der Waals surface area contributed by atoms with Gasteiger partial charge in [-0.2, -0.15) is 5.10 Å². The maximum Gasteiger partial charge on any atom is 0.250 e. The SMILES string of the molecule is O=C(CSc1nnc(-c2ccc(Cl)cc2)n1C1CCCCC1)N/N=C\C=C\c1ccccc1. The van der Waals surface area contributed by atoms with Crippen molar-refractivity contribution in [2.24, 2.45) is 5.10 Å². The molecular formula is C25H26ClN5OS. The zero-order chi connectivity index (χ0) is 22.9. The molecular weight excluding hydrogens is 454 g/mol. The van der Waals surface area contributed by atoms with Gasteiger partial charge in [0.05, 0.1) is 5.75 Å². The number of carbonyl (C=O) groups is 1. The standard InChI is InChI=1S/C25H26ClN5OS/c26-21-15-13-20(14-16-21)24-29-30-25(31(24)22-11-5-2-6-12-22)33-18-23(32)28-27-17-7-10-19-8-3-1-4-9-19/h1,3-4,7-10,13-17,22H,2,5-6,11-12,18H2,(H,28,32)/b10-7+,27-17-. The Balaban J connectivity index is 1.39. The molecule has 0 aliphatic heterocycles. The molecule has 0 radical (unpaired) electrons. The molecule has 0 atom stereocenters. The van der Waals surface area contributed by atoms with E-state index in [9.17, 15) is 4.79 Å². The van der Waals surface area contributed by atoms with Crippen LogP contribution in [0.2, 0.25) is 5.02 Å². The minimum Gasteiger partial charge on any atom is -0.299 e. The highest BCUT2D eigenvalue weighted by atomic mass is 35.5. The molecule has 6 nitrogen and oxygen atoms in total. The molecule has 3 aromatic rings. The molecule has 8 heteroatoms. The second-order valence-corrected chi connectivity index (χ2v) is 9.23. The average Bonchev–Trinajstić information content (AvgIpc) is 3.28. The van der Waals surface area contributed by atoms with Crippen molar-refractivity contribution in [1.82, 2.24) is 20.2 Å². The van der Waals surface area contributed by atoms with E-state index in [1.54, 1.807) is 12.3 Å². The van der Waals surface area contributed by atoms with Crippen LogP contribution in [0.5, 0.6) is 0 Å². The van der Waals surface area contributed by atoms with Crippen molar-refractivity contribution in [2.75, 3.05) is 5.75 Å². The highest BCUT2D eigenvalue weighted by Gasteiger charge is 2.24. The van der Waals surface area contributed by atoms with Gasteiger partial charge in [0.1, 0.15) is 0 Å². The highest BCUT2D eigenvalue weighted by molar-refractivity contribution is 7.99. The molecule has 4 rings (SSSR count). The molecule has 0 bridgehead atoms. The van der Waals surface area contributed by atoms with Crippen LogP contribution in [0.1, 0.15) is 43.7 Å². The Morgan fingerprint density at radius 2 is 1.85 bits per heavy atom. The lowest BCUT2D eigenvalue weighted by atomic mass is 9.95. The number of amides is 1. The van der Waals surface area contributed by atoms with Crippen molar-refractivity contribution in [2.45, 2.75) is 43.3 Å². The van der Waals surface area contributed by atoms with Crippen LogP contribution in [0.15, 0.2) is 70.9 Å². The number of benzene rings is 2. The van der Waals surface area contributed by atoms with Gasteiger partial charge in [-0.1, -0.05) is 79.0 Å². The molecule has 1 N–H and O–H groups in total. The molecule has 1 saturated carbocycles. The second-order valence-electron chi connectivity index (χ2n) is 7.85. The number of nitrogens with zero attached hydrogens (tertiary/aromatic N) is 4. The largest absolute Gasteiger partial charge is 0.299 e. The summed E-state index contributed by atoms with van der Waals surface area (Å²) in [6, 6.07) is 17.9. The third-order valence-electron chi connectivity index (χ3n) is 5.48. The van der Waals surface area contributed by atoms with Gasteiger partial charge in [-0.25, -0.2) is 5.43 Å². The minimum absolute atomic E-state index is 0.185. The van der Waals surface area contributed by atoms with Crippen molar-refractivity contribution in [3.05, 3.63) is 71.3 Å². The van der Waals surface area contributed by atoms with Crippen molar-refractivity contribution in [1.29, 1.82) is 0 Å². The Morgan fingerprint density at radius 3 is 2.61 bits per heavy atom. The summed E-state index contributed by atoms with van der Waals surface area (Å²) in [4.78, 5) is 12.3. The predicted molar refractivity (Wildman–Crippen MR) is 135 cm³/mol. The van der Waals surface area contributed by atoms with Crippen LogP contribution in [0.3, 0.4) is 0 Å². The van der Waals surface area contributed by atoms with E-state index in [1.807, 2.05) is 60.7 Å². The first-order valence-corrected chi connectivity index (χ1v) is 12.4. The molecule has 1 heterocycles. The van der Waals surface area contributed by atoms with Crippen molar-refractivity contribution in [3.63, 3.8) is 0 Å². The van der Waals surface area contributed by atoms with E-state index in [1.165, 1.54) is 31.0 Å². The van der Waals surface area contributed by atoms with Gasteiger partial charge < -0.3 is 0 Å². The third-order valence-corrected chi connectivity index (χ3v) is 6.67. The Morgan fingerprint density at radius 1 is 1.09 bits per heavy atom. The molecule has 33 heavy (non-hydrogen) atoms. The third kappa shape index (κ3) is 6.55. The summed E-state index contributed by atoms with van der Waals surface area (Å²) in [5.74, 6) is 0.853. The van der Waals surface area contributed by atoms with E-state index in [4.69, 9.17) is 11.6 Å². The van der Waals surface area contributed by atoms with Crippen LogP contribution in [0, 0.1) is 0 Å². The van der Waals surface area contributed by atoms with Crippen LogP contribution >= 0.6 is 23.4 Å². The molecule has 1 aliphatic carbocycles. The zero-order valence-corrected chi connectivity index (χ0v) is 19.8. The van der Waals surface area contributed by atoms with E-state index < -0.39 is 0 Å². The highest BCUT2D eigenvalue weighted by Crippen LogP contribution is 2.35. The van der Waals surface area contributed by atoms with Crippen LogP contribution in [-0.4, -0.2) is 32.6 Å². The number of hydrogen-bond acceptors (Lipinski definition) is 5. The lowest BCUT2D eigenvalue weighted by Crippen LogP contribution is -2.20. The summed E-state index contributed by atoms with van der Waals surface area (Å²) in [6.45, 7) is 0. The zero-order valence-electron chi connectivity index (χ0n) is 18.2. The fourth-order valence-electron chi connectivity index (χ4n) is 3.87. The summed E-state index contributed by atoms with van der Waals surface area (Å²) >= 11 is 7.45. The van der Waals surface area contributed by atoms with Gasteiger partial charge in [-0.05, 0) is 48.7 Å². The fraction of sp³-hybridized carbons (Fsp3) is 0.280. The van der Waals surface area contributed by atoms with Gasteiger partial charge in [-0.15, -0.1) is 10.2 Å². The number of aromatic nitrogens is 3. The quantitative estimate of drug-likeness (QED) is 0.244. The number of carbonyl (C=O) groups excluding carboxylic acids is 1. The molecule has 1 amide bonds. The lowest BCUT2D eigenvalue weighted by molar-refractivity contribution is -0.118. The Labute approximate surface area is 203 Å². The molecule has 0 saturated heterocycles. The van der Waals surface area contributed by atoms with Gasteiger partial charge in [0.25, 0.3) is 5.91 Å². The maximum atomic E-state index is 12.3. The summed E-state index contributed by atoms with van der Waals surface area (Å²) in [5.41, 5.74) is 4.62. The van der Waals surface area contributed by atoms with Crippen molar-refractivity contribution >= 4 is 41.6 Å². The van der Waals surface area contributed by atoms with E-state index in [0.717, 1.165) is 34.9 Å². The molecule has 0 unspecified atom stereocenters. The number of allylic oxidation sites excluding steroid dienone is 1. The smallest absolute Gasteiger partial charge is 0.250 e. The summed E-state index contributed by atoms with van der Waals surface area (Å²) < 4.78 is 2.20. The second kappa shape index (κ2) is 11.8.